The zero-order chi connectivity index (χ0) is 15.5. The lowest BCUT2D eigenvalue weighted by atomic mass is 10.1. The summed E-state index contributed by atoms with van der Waals surface area (Å²) in [6.45, 7) is 3.41. The number of furan rings is 1. The van der Waals surface area contributed by atoms with Crippen LogP contribution in [-0.2, 0) is 16.4 Å². The molecule has 2 rings (SSSR count). The van der Waals surface area contributed by atoms with E-state index in [4.69, 9.17) is 4.42 Å². The fourth-order valence-electron chi connectivity index (χ4n) is 2.03. The third kappa shape index (κ3) is 4.17. The molecule has 2 atom stereocenters. The maximum Gasteiger partial charge on any atom is 0.240 e. The van der Waals surface area contributed by atoms with Crippen molar-refractivity contribution in [1.82, 2.24) is 4.72 Å². The van der Waals surface area contributed by atoms with Gasteiger partial charge in [0.2, 0.25) is 10.0 Å². The van der Waals surface area contributed by atoms with Crippen LogP contribution in [0.1, 0.15) is 31.3 Å². The van der Waals surface area contributed by atoms with E-state index >= 15 is 0 Å². The van der Waals surface area contributed by atoms with Gasteiger partial charge in [0, 0.05) is 12.5 Å². The Hall–Kier alpha value is -1.63. The number of aliphatic hydroxyl groups is 1. The van der Waals surface area contributed by atoms with E-state index < -0.39 is 16.1 Å². The largest absolute Gasteiger partial charge is 0.469 e. The minimum Gasteiger partial charge on any atom is -0.469 e. The number of hydrogen-bond acceptors (Lipinski definition) is 4. The molecule has 114 valence electrons. The lowest BCUT2D eigenvalue weighted by molar-refractivity contribution is 0.199. The summed E-state index contributed by atoms with van der Waals surface area (Å²) in [6.07, 6.45) is 1.43. The van der Waals surface area contributed by atoms with E-state index in [0.717, 1.165) is 5.76 Å². The molecule has 0 fully saturated rings. The first-order chi connectivity index (χ1) is 9.88. The molecule has 1 heterocycles. The SMILES string of the molecule is CC(Cc1ccco1)NS(=O)(=O)c1ccc(C(C)O)cc1. The van der Waals surface area contributed by atoms with E-state index in [-0.39, 0.29) is 10.9 Å². The standard InChI is InChI=1S/C15H19NO4S/c1-11(10-14-4-3-9-20-14)16-21(18,19)15-7-5-13(6-8-15)12(2)17/h3-9,11-12,16-17H,10H2,1-2H3. The van der Waals surface area contributed by atoms with E-state index in [9.17, 15) is 13.5 Å². The van der Waals surface area contributed by atoms with Gasteiger partial charge in [0.15, 0.2) is 0 Å². The van der Waals surface area contributed by atoms with Crippen molar-refractivity contribution in [3.05, 3.63) is 54.0 Å². The Labute approximate surface area is 124 Å². The van der Waals surface area contributed by atoms with E-state index in [2.05, 4.69) is 4.72 Å². The molecule has 2 N–H and O–H groups in total. The zero-order valence-electron chi connectivity index (χ0n) is 12.0. The topological polar surface area (TPSA) is 79.5 Å². The molecule has 5 nitrogen and oxygen atoms in total. The second-order valence-electron chi connectivity index (χ2n) is 5.05. The summed E-state index contributed by atoms with van der Waals surface area (Å²) in [6, 6.07) is 9.49. The summed E-state index contributed by atoms with van der Waals surface area (Å²) >= 11 is 0. The highest BCUT2D eigenvalue weighted by Gasteiger charge is 2.18. The quantitative estimate of drug-likeness (QED) is 0.857. The summed E-state index contributed by atoms with van der Waals surface area (Å²) in [5.74, 6) is 0.731. The highest BCUT2D eigenvalue weighted by atomic mass is 32.2. The minimum absolute atomic E-state index is 0.179. The normalized spacial score (nSPS) is 14.8. The van der Waals surface area contributed by atoms with Gasteiger partial charge in [0.25, 0.3) is 0 Å². The van der Waals surface area contributed by atoms with E-state index in [1.807, 2.05) is 6.07 Å². The Balaban J connectivity index is 2.07. The Bertz CT molecular complexity index is 660. The average Bonchev–Trinajstić information content (AvgIpc) is 2.90. The van der Waals surface area contributed by atoms with Crippen molar-refractivity contribution in [2.45, 2.75) is 37.3 Å². The smallest absolute Gasteiger partial charge is 0.240 e. The minimum atomic E-state index is -3.58. The molecule has 0 aliphatic heterocycles. The molecule has 0 saturated carbocycles. The van der Waals surface area contributed by atoms with Crippen molar-refractivity contribution in [3.8, 4) is 0 Å². The summed E-state index contributed by atoms with van der Waals surface area (Å²) in [5, 5.41) is 9.43. The van der Waals surface area contributed by atoms with Gasteiger partial charge in [-0.2, -0.15) is 0 Å². The van der Waals surface area contributed by atoms with Crippen molar-refractivity contribution in [1.29, 1.82) is 0 Å². The second-order valence-corrected chi connectivity index (χ2v) is 6.76. The van der Waals surface area contributed by atoms with Gasteiger partial charge in [0.05, 0.1) is 17.3 Å². The van der Waals surface area contributed by atoms with Gasteiger partial charge in [-0.05, 0) is 43.7 Å². The predicted octanol–water partition coefficient (Wildman–Crippen LogP) is 2.24. The van der Waals surface area contributed by atoms with Crippen LogP contribution in [0.5, 0.6) is 0 Å². The van der Waals surface area contributed by atoms with Crippen LogP contribution in [-0.4, -0.2) is 19.6 Å². The van der Waals surface area contributed by atoms with Crippen LogP contribution in [0, 0.1) is 0 Å². The van der Waals surface area contributed by atoms with Crippen molar-refractivity contribution < 1.29 is 17.9 Å². The fourth-order valence-corrected chi connectivity index (χ4v) is 3.27. The molecule has 2 aromatic rings. The molecule has 0 amide bonds. The van der Waals surface area contributed by atoms with Crippen LogP contribution in [0.2, 0.25) is 0 Å². The summed E-state index contributed by atoms with van der Waals surface area (Å²) in [7, 11) is -3.58. The molecule has 21 heavy (non-hydrogen) atoms. The van der Waals surface area contributed by atoms with Crippen LogP contribution in [0.4, 0.5) is 0 Å². The molecule has 0 bridgehead atoms. The Morgan fingerprint density at radius 1 is 1.19 bits per heavy atom. The van der Waals surface area contributed by atoms with Crippen molar-refractivity contribution in [2.75, 3.05) is 0 Å². The van der Waals surface area contributed by atoms with Crippen LogP contribution in [0.15, 0.2) is 52.0 Å². The Kier molecular flexibility index (Phi) is 4.82. The molecule has 0 aliphatic rings. The van der Waals surface area contributed by atoms with Crippen LogP contribution in [0.3, 0.4) is 0 Å². The first-order valence-corrected chi connectivity index (χ1v) is 8.19. The molecule has 0 saturated heterocycles. The lowest BCUT2D eigenvalue weighted by Gasteiger charge is -2.13. The predicted molar refractivity (Wildman–Crippen MR) is 79.3 cm³/mol. The maximum absolute atomic E-state index is 12.2. The summed E-state index contributed by atoms with van der Waals surface area (Å²) in [5.41, 5.74) is 0.678. The van der Waals surface area contributed by atoms with Crippen LogP contribution in [0.25, 0.3) is 0 Å². The van der Waals surface area contributed by atoms with Gasteiger partial charge in [0.1, 0.15) is 5.76 Å². The fraction of sp³-hybridized carbons (Fsp3) is 0.333. The molecule has 0 spiro atoms. The monoisotopic (exact) mass is 309 g/mol. The molecule has 0 radical (unpaired) electrons. The maximum atomic E-state index is 12.2. The summed E-state index contributed by atoms with van der Waals surface area (Å²) in [4.78, 5) is 0.179. The van der Waals surface area contributed by atoms with Gasteiger partial charge < -0.3 is 9.52 Å². The highest BCUT2D eigenvalue weighted by Crippen LogP contribution is 2.16. The molecule has 6 heteroatoms. The molecule has 1 aromatic carbocycles. The number of nitrogens with one attached hydrogen (secondary N) is 1. The highest BCUT2D eigenvalue weighted by molar-refractivity contribution is 7.89. The van der Waals surface area contributed by atoms with Gasteiger partial charge in [-0.25, -0.2) is 13.1 Å². The Morgan fingerprint density at radius 2 is 1.86 bits per heavy atom. The molecule has 0 aliphatic carbocycles. The Morgan fingerprint density at radius 3 is 2.38 bits per heavy atom. The van der Waals surface area contributed by atoms with Gasteiger partial charge in [-0.15, -0.1) is 0 Å². The molecular weight excluding hydrogens is 290 g/mol. The van der Waals surface area contributed by atoms with Crippen LogP contribution < -0.4 is 4.72 Å². The van der Waals surface area contributed by atoms with Crippen molar-refractivity contribution in [3.63, 3.8) is 0 Å². The van der Waals surface area contributed by atoms with Gasteiger partial charge >= 0.3 is 0 Å². The third-order valence-corrected chi connectivity index (χ3v) is 4.72. The number of benzene rings is 1. The lowest BCUT2D eigenvalue weighted by Crippen LogP contribution is -2.34. The van der Waals surface area contributed by atoms with E-state index in [0.29, 0.717) is 12.0 Å². The molecule has 2 unspecified atom stereocenters. The van der Waals surface area contributed by atoms with Gasteiger partial charge in [-0.1, -0.05) is 12.1 Å². The molecular formula is C15H19NO4S. The molecule has 1 aromatic heterocycles. The van der Waals surface area contributed by atoms with Crippen LogP contribution >= 0.6 is 0 Å². The first kappa shape index (κ1) is 15.8. The zero-order valence-corrected chi connectivity index (χ0v) is 12.8. The second kappa shape index (κ2) is 6.43. The number of hydrogen-bond donors (Lipinski definition) is 2. The number of aliphatic hydroxyl groups excluding tert-OH is 1. The van der Waals surface area contributed by atoms with E-state index in [1.54, 1.807) is 38.3 Å². The third-order valence-electron chi connectivity index (χ3n) is 3.12. The van der Waals surface area contributed by atoms with Crippen molar-refractivity contribution in [2.24, 2.45) is 0 Å². The van der Waals surface area contributed by atoms with Gasteiger partial charge in [-0.3, -0.25) is 0 Å². The first-order valence-electron chi connectivity index (χ1n) is 6.71. The van der Waals surface area contributed by atoms with Crippen molar-refractivity contribution >= 4 is 10.0 Å². The van der Waals surface area contributed by atoms with E-state index in [1.165, 1.54) is 12.1 Å². The number of sulfonamides is 1. The number of rotatable bonds is 6. The average molecular weight is 309 g/mol. The summed E-state index contributed by atoms with van der Waals surface area (Å²) < 4.78 is 32.3.